The Bertz CT molecular complexity index is 116. The van der Waals surface area contributed by atoms with Gasteiger partial charge in [-0.15, -0.1) is 0 Å². The van der Waals surface area contributed by atoms with Crippen LogP contribution in [-0.2, 0) is 0 Å². The van der Waals surface area contributed by atoms with Crippen LogP contribution in [0.1, 0.15) is 6.92 Å². The maximum absolute atomic E-state index is 12.4. The Labute approximate surface area is 65.6 Å². The zero-order valence-electron chi connectivity index (χ0n) is 6.74. The van der Waals surface area contributed by atoms with E-state index in [2.05, 4.69) is 5.32 Å². The predicted molar refractivity (Wildman–Crippen MR) is 39.9 cm³/mol. The lowest BCUT2D eigenvalue weighted by Crippen LogP contribution is -2.47. The first-order valence-corrected chi connectivity index (χ1v) is 3.89. The van der Waals surface area contributed by atoms with Crippen LogP contribution in [0.2, 0.25) is 0 Å². The number of hydrogen-bond acceptors (Lipinski definition) is 2. The third kappa shape index (κ3) is 3.62. The summed E-state index contributed by atoms with van der Waals surface area (Å²) in [5, 5.41) is 3.11. The average Bonchev–Trinajstić information content (AvgIpc) is 1.85. The van der Waals surface area contributed by atoms with Crippen molar-refractivity contribution in [2.45, 2.75) is 12.8 Å². The third-order valence-corrected chi connectivity index (χ3v) is 1.71. The standard InChI is InChI=1S/C7H14F2N2/c1-7(8,9)6-11-4-2-10-3-5-11/h10H,2-6H2,1H3. The fraction of sp³-hybridized carbons (Fsp3) is 1.00. The van der Waals surface area contributed by atoms with Gasteiger partial charge < -0.3 is 5.32 Å². The van der Waals surface area contributed by atoms with Crippen LogP contribution in [-0.4, -0.2) is 43.5 Å². The molecule has 1 rings (SSSR count). The Balaban J connectivity index is 2.24. The first-order valence-electron chi connectivity index (χ1n) is 3.89. The third-order valence-electron chi connectivity index (χ3n) is 1.71. The lowest BCUT2D eigenvalue weighted by atomic mass is 10.3. The van der Waals surface area contributed by atoms with Crippen LogP contribution in [0.5, 0.6) is 0 Å². The molecular weight excluding hydrogens is 150 g/mol. The van der Waals surface area contributed by atoms with Gasteiger partial charge in [0.15, 0.2) is 0 Å². The molecule has 0 aromatic heterocycles. The van der Waals surface area contributed by atoms with E-state index < -0.39 is 5.92 Å². The Hall–Kier alpha value is -0.220. The molecule has 0 saturated carbocycles. The molecule has 1 heterocycles. The van der Waals surface area contributed by atoms with E-state index in [4.69, 9.17) is 0 Å². The average molecular weight is 164 g/mol. The molecule has 0 radical (unpaired) electrons. The fourth-order valence-corrected chi connectivity index (χ4v) is 1.26. The molecule has 1 saturated heterocycles. The molecule has 0 aromatic rings. The number of alkyl halides is 2. The Morgan fingerprint density at radius 3 is 2.36 bits per heavy atom. The normalized spacial score (nSPS) is 22.1. The number of nitrogens with one attached hydrogen (secondary N) is 1. The van der Waals surface area contributed by atoms with Crippen LogP contribution < -0.4 is 5.32 Å². The topological polar surface area (TPSA) is 15.3 Å². The van der Waals surface area contributed by atoms with Crippen molar-refractivity contribution in [3.63, 3.8) is 0 Å². The van der Waals surface area contributed by atoms with Crippen molar-refractivity contribution >= 4 is 0 Å². The molecule has 1 fully saturated rings. The van der Waals surface area contributed by atoms with Crippen LogP contribution in [0, 0.1) is 0 Å². The Morgan fingerprint density at radius 1 is 1.36 bits per heavy atom. The molecule has 2 nitrogen and oxygen atoms in total. The molecule has 11 heavy (non-hydrogen) atoms. The minimum atomic E-state index is -2.54. The predicted octanol–water partition coefficient (Wildman–Crippen LogP) is 0.547. The van der Waals surface area contributed by atoms with Crippen molar-refractivity contribution in [1.29, 1.82) is 0 Å². The molecule has 1 aliphatic heterocycles. The molecule has 1 aliphatic rings. The molecule has 0 atom stereocenters. The van der Waals surface area contributed by atoms with Crippen molar-refractivity contribution < 1.29 is 8.78 Å². The van der Waals surface area contributed by atoms with Crippen LogP contribution in [0.15, 0.2) is 0 Å². The Morgan fingerprint density at radius 2 is 1.91 bits per heavy atom. The van der Waals surface area contributed by atoms with Crippen molar-refractivity contribution in [3.05, 3.63) is 0 Å². The summed E-state index contributed by atoms with van der Waals surface area (Å²) in [7, 11) is 0. The molecule has 0 aliphatic carbocycles. The number of rotatable bonds is 2. The van der Waals surface area contributed by atoms with Gasteiger partial charge in [0.1, 0.15) is 0 Å². The SMILES string of the molecule is CC(F)(F)CN1CCNCC1. The van der Waals surface area contributed by atoms with Crippen molar-refractivity contribution in [1.82, 2.24) is 10.2 Å². The van der Waals surface area contributed by atoms with Crippen LogP contribution in [0.4, 0.5) is 8.78 Å². The van der Waals surface area contributed by atoms with Gasteiger partial charge >= 0.3 is 0 Å². The smallest absolute Gasteiger partial charge is 0.257 e. The van der Waals surface area contributed by atoms with E-state index in [-0.39, 0.29) is 6.54 Å². The minimum absolute atomic E-state index is 0.103. The summed E-state index contributed by atoms with van der Waals surface area (Å²) in [6, 6.07) is 0. The fourth-order valence-electron chi connectivity index (χ4n) is 1.26. The van der Waals surface area contributed by atoms with Gasteiger partial charge in [-0.05, 0) is 0 Å². The van der Waals surface area contributed by atoms with E-state index >= 15 is 0 Å². The van der Waals surface area contributed by atoms with E-state index in [1.54, 1.807) is 4.90 Å². The van der Waals surface area contributed by atoms with Gasteiger partial charge in [0, 0.05) is 33.1 Å². The van der Waals surface area contributed by atoms with Crippen LogP contribution >= 0.6 is 0 Å². The first kappa shape index (κ1) is 8.87. The van der Waals surface area contributed by atoms with Crippen molar-refractivity contribution in [3.8, 4) is 0 Å². The van der Waals surface area contributed by atoms with Gasteiger partial charge in [-0.1, -0.05) is 0 Å². The van der Waals surface area contributed by atoms with Gasteiger partial charge in [0.2, 0.25) is 0 Å². The molecule has 0 unspecified atom stereocenters. The number of piperazine rings is 1. The van der Waals surface area contributed by atoms with Gasteiger partial charge in [0.05, 0.1) is 6.54 Å². The van der Waals surface area contributed by atoms with E-state index in [1.165, 1.54) is 0 Å². The highest BCUT2D eigenvalue weighted by molar-refractivity contribution is 4.72. The molecule has 0 aromatic carbocycles. The number of hydrogen-bond donors (Lipinski definition) is 1. The van der Waals surface area contributed by atoms with E-state index in [0.29, 0.717) is 0 Å². The summed E-state index contributed by atoms with van der Waals surface area (Å²) in [5.41, 5.74) is 0. The zero-order valence-corrected chi connectivity index (χ0v) is 6.74. The lowest BCUT2D eigenvalue weighted by molar-refractivity contribution is -0.0169. The largest absolute Gasteiger partial charge is 0.314 e. The van der Waals surface area contributed by atoms with E-state index in [1.807, 2.05) is 0 Å². The quantitative estimate of drug-likeness (QED) is 0.641. The molecule has 4 heteroatoms. The van der Waals surface area contributed by atoms with E-state index in [9.17, 15) is 8.78 Å². The molecule has 0 amide bonds. The maximum Gasteiger partial charge on any atom is 0.257 e. The Kier molecular flexibility index (Phi) is 2.78. The maximum atomic E-state index is 12.4. The van der Waals surface area contributed by atoms with Crippen LogP contribution in [0.25, 0.3) is 0 Å². The van der Waals surface area contributed by atoms with Crippen molar-refractivity contribution in [2.75, 3.05) is 32.7 Å². The molecule has 0 bridgehead atoms. The molecule has 1 N–H and O–H groups in total. The molecular formula is C7H14F2N2. The molecule has 0 spiro atoms. The zero-order chi connectivity index (χ0) is 8.32. The second-order valence-corrected chi connectivity index (χ2v) is 3.10. The van der Waals surface area contributed by atoms with E-state index in [0.717, 1.165) is 33.1 Å². The summed E-state index contributed by atoms with van der Waals surface area (Å²) in [6.45, 7) is 4.00. The first-order chi connectivity index (χ1) is 5.08. The summed E-state index contributed by atoms with van der Waals surface area (Å²) < 4.78 is 24.9. The van der Waals surface area contributed by atoms with Gasteiger partial charge in [-0.3, -0.25) is 4.90 Å². The van der Waals surface area contributed by atoms with Crippen LogP contribution in [0.3, 0.4) is 0 Å². The number of halogens is 2. The molecule has 66 valence electrons. The monoisotopic (exact) mass is 164 g/mol. The number of nitrogens with zero attached hydrogens (tertiary/aromatic N) is 1. The summed E-state index contributed by atoms with van der Waals surface area (Å²) in [4.78, 5) is 1.79. The minimum Gasteiger partial charge on any atom is -0.314 e. The van der Waals surface area contributed by atoms with Gasteiger partial charge in [-0.25, -0.2) is 8.78 Å². The highest BCUT2D eigenvalue weighted by Gasteiger charge is 2.25. The second kappa shape index (κ2) is 3.45. The van der Waals surface area contributed by atoms with Gasteiger partial charge in [-0.2, -0.15) is 0 Å². The summed E-state index contributed by atoms with van der Waals surface area (Å²) in [5.74, 6) is -2.54. The van der Waals surface area contributed by atoms with Gasteiger partial charge in [0.25, 0.3) is 5.92 Å². The highest BCUT2D eigenvalue weighted by atomic mass is 19.3. The summed E-state index contributed by atoms with van der Waals surface area (Å²) >= 11 is 0. The highest BCUT2D eigenvalue weighted by Crippen LogP contribution is 2.13. The van der Waals surface area contributed by atoms with Crippen molar-refractivity contribution in [2.24, 2.45) is 0 Å². The summed E-state index contributed by atoms with van der Waals surface area (Å²) in [6.07, 6.45) is 0. The second-order valence-electron chi connectivity index (χ2n) is 3.10. The lowest BCUT2D eigenvalue weighted by Gasteiger charge is -2.29.